The van der Waals surface area contributed by atoms with Crippen LogP contribution in [-0.4, -0.2) is 54.9 Å². The van der Waals surface area contributed by atoms with Gasteiger partial charge in [-0.25, -0.2) is 9.59 Å². The first-order valence-corrected chi connectivity index (χ1v) is 6.84. The van der Waals surface area contributed by atoms with E-state index in [9.17, 15) is 9.59 Å². The number of carboxylic acid groups (broad SMARTS) is 1. The molecule has 6 nitrogen and oxygen atoms in total. The number of urea groups is 1. The predicted molar refractivity (Wildman–Crippen MR) is 78.7 cm³/mol. The zero-order valence-corrected chi connectivity index (χ0v) is 12.5. The lowest BCUT2D eigenvalue weighted by molar-refractivity contribution is -0.154. The standard InChI is InChI=1S/C15H20N2O4/c1-10-6-11(2)8-12(7-10)16(3)15(20)17-4-5-21-13(9-17)14(18)19/h6-8,13H,4-5,9H2,1-3H3,(H,18,19). The van der Waals surface area contributed by atoms with Crippen LogP contribution in [0.5, 0.6) is 0 Å². The molecule has 0 aromatic heterocycles. The van der Waals surface area contributed by atoms with E-state index in [1.54, 1.807) is 11.9 Å². The number of aliphatic carboxylic acids is 1. The molecule has 1 aromatic carbocycles. The van der Waals surface area contributed by atoms with Crippen molar-refractivity contribution in [2.45, 2.75) is 20.0 Å². The van der Waals surface area contributed by atoms with Crippen LogP contribution < -0.4 is 4.90 Å². The van der Waals surface area contributed by atoms with Crippen LogP contribution in [0.1, 0.15) is 11.1 Å². The largest absolute Gasteiger partial charge is 0.479 e. The molecule has 1 N–H and O–H groups in total. The number of hydrogen-bond donors (Lipinski definition) is 1. The lowest BCUT2D eigenvalue weighted by Crippen LogP contribution is -2.52. The minimum atomic E-state index is -1.04. The SMILES string of the molecule is Cc1cc(C)cc(N(C)C(=O)N2CCOC(C(=O)O)C2)c1. The second kappa shape index (κ2) is 6.13. The van der Waals surface area contributed by atoms with Crippen molar-refractivity contribution in [3.63, 3.8) is 0 Å². The Labute approximate surface area is 123 Å². The van der Waals surface area contributed by atoms with E-state index in [4.69, 9.17) is 9.84 Å². The summed E-state index contributed by atoms with van der Waals surface area (Å²) in [5.74, 6) is -1.04. The van der Waals surface area contributed by atoms with Gasteiger partial charge in [0.15, 0.2) is 6.10 Å². The number of hydrogen-bond acceptors (Lipinski definition) is 3. The highest BCUT2D eigenvalue weighted by Gasteiger charge is 2.30. The van der Waals surface area contributed by atoms with Gasteiger partial charge in [0, 0.05) is 19.3 Å². The highest BCUT2D eigenvalue weighted by molar-refractivity contribution is 5.92. The maximum atomic E-state index is 12.5. The van der Waals surface area contributed by atoms with Crippen LogP contribution in [-0.2, 0) is 9.53 Å². The van der Waals surface area contributed by atoms with Gasteiger partial charge in [-0.05, 0) is 37.1 Å². The molecule has 0 saturated carbocycles. The van der Waals surface area contributed by atoms with E-state index in [0.29, 0.717) is 6.54 Å². The minimum Gasteiger partial charge on any atom is -0.479 e. The van der Waals surface area contributed by atoms with Gasteiger partial charge >= 0.3 is 12.0 Å². The number of anilines is 1. The van der Waals surface area contributed by atoms with E-state index in [-0.39, 0.29) is 19.2 Å². The van der Waals surface area contributed by atoms with Gasteiger partial charge in [0.05, 0.1) is 13.2 Å². The lowest BCUT2D eigenvalue weighted by Gasteiger charge is -2.34. The van der Waals surface area contributed by atoms with Gasteiger partial charge < -0.3 is 14.7 Å². The van der Waals surface area contributed by atoms with Crippen LogP contribution in [0.15, 0.2) is 18.2 Å². The molecule has 1 aliphatic heterocycles. The number of rotatable bonds is 2. The molecule has 1 atom stereocenters. The van der Waals surface area contributed by atoms with Gasteiger partial charge in [0.25, 0.3) is 0 Å². The minimum absolute atomic E-state index is 0.0727. The summed E-state index contributed by atoms with van der Waals surface area (Å²) in [4.78, 5) is 26.5. The Morgan fingerprint density at radius 2 is 1.90 bits per heavy atom. The number of amides is 2. The van der Waals surface area contributed by atoms with E-state index in [1.165, 1.54) is 4.90 Å². The number of benzene rings is 1. The fourth-order valence-corrected chi connectivity index (χ4v) is 2.44. The van der Waals surface area contributed by atoms with Gasteiger partial charge in [-0.15, -0.1) is 0 Å². The molecule has 6 heteroatoms. The van der Waals surface area contributed by atoms with Crippen molar-refractivity contribution in [3.05, 3.63) is 29.3 Å². The molecule has 114 valence electrons. The second-order valence-electron chi connectivity index (χ2n) is 5.33. The average Bonchev–Trinajstić information content (AvgIpc) is 2.44. The number of ether oxygens (including phenoxy) is 1. The van der Waals surface area contributed by atoms with Crippen molar-refractivity contribution < 1.29 is 19.4 Å². The molecule has 0 radical (unpaired) electrons. The summed E-state index contributed by atoms with van der Waals surface area (Å²) in [6, 6.07) is 5.69. The molecule has 1 aromatic rings. The third kappa shape index (κ3) is 3.52. The molecule has 1 fully saturated rings. The fourth-order valence-electron chi connectivity index (χ4n) is 2.44. The van der Waals surface area contributed by atoms with Crippen LogP contribution in [0, 0.1) is 13.8 Å². The molecule has 0 bridgehead atoms. The van der Waals surface area contributed by atoms with Crippen molar-refractivity contribution in [3.8, 4) is 0 Å². The summed E-state index contributed by atoms with van der Waals surface area (Å²) in [5, 5.41) is 8.99. The summed E-state index contributed by atoms with van der Waals surface area (Å²) in [6.45, 7) is 4.67. The highest BCUT2D eigenvalue weighted by Crippen LogP contribution is 2.19. The Balaban J connectivity index is 2.13. The number of carbonyl (C=O) groups is 2. The molecule has 0 aliphatic carbocycles. The van der Waals surface area contributed by atoms with Crippen molar-refractivity contribution >= 4 is 17.7 Å². The first kappa shape index (κ1) is 15.3. The number of aryl methyl sites for hydroxylation is 2. The van der Waals surface area contributed by atoms with Crippen molar-refractivity contribution in [1.82, 2.24) is 4.90 Å². The predicted octanol–water partition coefficient (Wildman–Crippen LogP) is 1.65. The van der Waals surface area contributed by atoms with E-state index >= 15 is 0 Å². The van der Waals surface area contributed by atoms with E-state index in [1.807, 2.05) is 32.0 Å². The van der Waals surface area contributed by atoms with Gasteiger partial charge in [-0.1, -0.05) is 6.07 Å². The zero-order valence-electron chi connectivity index (χ0n) is 12.5. The molecule has 1 aliphatic rings. The first-order valence-electron chi connectivity index (χ1n) is 6.84. The van der Waals surface area contributed by atoms with Gasteiger partial charge in [0.1, 0.15) is 0 Å². The smallest absolute Gasteiger partial charge is 0.334 e. The van der Waals surface area contributed by atoms with Gasteiger partial charge in [0.2, 0.25) is 0 Å². The molecule has 2 amide bonds. The van der Waals surface area contributed by atoms with Crippen LogP contribution in [0.3, 0.4) is 0 Å². The Hall–Kier alpha value is -2.08. The van der Waals surface area contributed by atoms with Gasteiger partial charge in [-0.2, -0.15) is 0 Å². The number of carboxylic acids is 1. The number of carbonyl (C=O) groups excluding carboxylic acids is 1. The Bertz CT molecular complexity index is 538. The van der Waals surface area contributed by atoms with Crippen LogP contribution >= 0.6 is 0 Å². The van der Waals surface area contributed by atoms with Gasteiger partial charge in [-0.3, -0.25) is 4.90 Å². The second-order valence-corrected chi connectivity index (χ2v) is 5.33. The van der Waals surface area contributed by atoms with E-state index in [2.05, 4.69) is 0 Å². The molecule has 0 spiro atoms. The molecule has 1 heterocycles. The highest BCUT2D eigenvalue weighted by atomic mass is 16.5. The molecule has 2 rings (SSSR count). The molecule has 21 heavy (non-hydrogen) atoms. The average molecular weight is 292 g/mol. The summed E-state index contributed by atoms with van der Waals surface area (Å²) in [5.41, 5.74) is 2.96. The number of nitrogens with zero attached hydrogens (tertiary/aromatic N) is 2. The lowest BCUT2D eigenvalue weighted by atomic mass is 10.1. The summed E-state index contributed by atoms with van der Waals surface area (Å²) < 4.78 is 5.13. The summed E-state index contributed by atoms with van der Waals surface area (Å²) >= 11 is 0. The Morgan fingerprint density at radius 3 is 2.48 bits per heavy atom. The van der Waals surface area contributed by atoms with Crippen LogP contribution in [0.4, 0.5) is 10.5 Å². The maximum absolute atomic E-state index is 12.5. The Kier molecular flexibility index (Phi) is 4.47. The summed E-state index contributed by atoms with van der Waals surface area (Å²) in [7, 11) is 1.70. The van der Waals surface area contributed by atoms with E-state index in [0.717, 1.165) is 16.8 Å². The van der Waals surface area contributed by atoms with Crippen molar-refractivity contribution in [2.24, 2.45) is 0 Å². The van der Waals surface area contributed by atoms with Crippen LogP contribution in [0.25, 0.3) is 0 Å². The molecular formula is C15H20N2O4. The third-order valence-electron chi connectivity index (χ3n) is 3.49. The normalized spacial score (nSPS) is 18.4. The van der Waals surface area contributed by atoms with Crippen LogP contribution in [0.2, 0.25) is 0 Å². The van der Waals surface area contributed by atoms with E-state index < -0.39 is 12.1 Å². The first-order chi connectivity index (χ1) is 9.88. The van der Waals surface area contributed by atoms with Crippen molar-refractivity contribution in [2.75, 3.05) is 31.6 Å². The monoisotopic (exact) mass is 292 g/mol. The Morgan fingerprint density at radius 1 is 1.29 bits per heavy atom. The zero-order chi connectivity index (χ0) is 15.6. The maximum Gasteiger partial charge on any atom is 0.334 e. The fraction of sp³-hybridized carbons (Fsp3) is 0.467. The summed E-state index contributed by atoms with van der Waals surface area (Å²) in [6.07, 6.45) is -0.949. The third-order valence-corrected chi connectivity index (χ3v) is 3.49. The number of morpholine rings is 1. The van der Waals surface area contributed by atoms with Crippen molar-refractivity contribution in [1.29, 1.82) is 0 Å². The quantitative estimate of drug-likeness (QED) is 0.899. The topological polar surface area (TPSA) is 70.1 Å². The molecule has 1 saturated heterocycles. The molecular weight excluding hydrogens is 272 g/mol. The molecule has 1 unspecified atom stereocenters.